The fourth-order valence-corrected chi connectivity index (χ4v) is 1.63. The highest BCUT2D eigenvalue weighted by Crippen LogP contribution is 2.15. The molecule has 0 fully saturated rings. The number of nitrogens with zero attached hydrogens (tertiary/aromatic N) is 2. The molecule has 0 saturated heterocycles. The molecule has 1 aromatic heterocycles. The maximum Gasteiger partial charge on any atom is 0.133 e. The van der Waals surface area contributed by atoms with Gasteiger partial charge in [0.05, 0.1) is 12.6 Å². The first-order valence-electron chi connectivity index (χ1n) is 4.39. The monoisotopic (exact) mass is 201 g/mol. The SMILES string of the molecule is CCOCCc1nnc(C(C)N)s1. The number of ether oxygens (including phenoxy) is 1. The fraction of sp³-hybridized carbons (Fsp3) is 0.750. The van der Waals surface area contributed by atoms with Crippen molar-refractivity contribution in [2.75, 3.05) is 13.2 Å². The van der Waals surface area contributed by atoms with Crippen LogP contribution in [0.1, 0.15) is 29.9 Å². The van der Waals surface area contributed by atoms with Gasteiger partial charge in [-0.15, -0.1) is 10.2 Å². The lowest BCUT2D eigenvalue weighted by atomic mass is 10.4. The molecule has 2 N–H and O–H groups in total. The van der Waals surface area contributed by atoms with Crippen molar-refractivity contribution in [2.45, 2.75) is 26.3 Å². The Morgan fingerprint density at radius 1 is 1.54 bits per heavy atom. The van der Waals surface area contributed by atoms with Crippen molar-refractivity contribution in [3.05, 3.63) is 10.0 Å². The molecule has 0 radical (unpaired) electrons. The summed E-state index contributed by atoms with van der Waals surface area (Å²) in [7, 11) is 0. The first-order chi connectivity index (χ1) is 6.24. The minimum Gasteiger partial charge on any atom is -0.381 e. The molecule has 74 valence electrons. The van der Waals surface area contributed by atoms with Crippen LogP contribution < -0.4 is 5.73 Å². The molecule has 0 bridgehead atoms. The summed E-state index contributed by atoms with van der Waals surface area (Å²) >= 11 is 1.56. The molecule has 0 aliphatic rings. The highest BCUT2D eigenvalue weighted by Gasteiger charge is 2.07. The average Bonchev–Trinajstić information content (AvgIpc) is 2.53. The normalized spacial score (nSPS) is 13.2. The van der Waals surface area contributed by atoms with Crippen LogP contribution in [-0.2, 0) is 11.2 Å². The molecule has 1 heterocycles. The van der Waals surface area contributed by atoms with Gasteiger partial charge in [-0.1, -0.05) is 11.3 Å². The van der Waals surface area contributed by atoms with Crippen molar-refractivity contribution in [2.24, 2.45) is 5.73 Å². The van der Waals surface area contributed by atoms with Crippen LogP contribution in [0.15, 0.2) is 0 Å². The molecule has 4 nitrogen and oxygen atoms in total. The molecule has 0 amide bonds. The van der Waals surface area contributed by atoms with Gasteiger partial charge in [0.2, 0.25) is 0 Å². The Morgan fingerprint density at radius 3 is 2.85 bits per heavy atom. The first kappa shape index (κ1) is 10.6. The molecule has 0 aromatic carbocycles. The van der Waals surface area contributed by atoms with Gasteiger partial charge in [-0.2, -0.15) is 0 Å². The van der Waals surface area contributed by atoms with E-state index >= 15 is 0 Å². The zero-order valence-corrected chi connectivity index (χ0v) is 8.80. The predicted molar refractivity (Wildman–Crippen MR) is 52.7 cm³/mol. The van der Waals surface area contributed by atoms with Crippen molar-refractivity contribution < 1.29 is 4.74 Å². The van der Waals surface area contributed by atoms with Gasteiger partial charge in [-0.3, -0.25) is 0 Å². The average molecular weight is 201 g/mol. The topological polar surface area (TPSA) is 61.0 Å². The van der Waals surface area contributed by atoms with E-state index in [-0.39, 0.29) is 6.04 Å². The Hall–Kier alpha value is -0.520. The third kappa shape index (κ3) is 3.38. The smallest absolute Gasteiger partial charge is 0.133 e. The van der Waals surface area contributed by atoms with Crippen LogP contribution in [0, 0.1) is 0 Å². The zero-order valence-electron chi connectivity index (χ0n) is 7.99. The molecule has 0 aliphatic heterocycles. The lowest BCUT2D eigenvalue weighted by molar-refractivity contribution is 0.150. The van der Waals surface area contributed by atoms with E-state index in [1.54, 1.807) is 11.3 Å². The summed E-state index contributed by atoms with van der Waals surface area (Å²) < 4.78 is 5.21. The van der Waals surface area contributed by atoms with Gasteiger partial charge < -0.3 is 10.5 Å². The van der Waals surface area contributed by atoms with E-state index in [1.165, 1.54) is 0 Å². The second kappa shape index (κ2) is 5.26. The van der Waals surface area contributed by atoms with Crippen LogP contribution in [0.2, 0.25) is 0 Å². The van der Waals surface area contributed by atoms with Crippen molar-refractivity contribution >= 4 is 11.3 Å². The number of rotatable bonds is 5. The number of nitrogens with two attached hydrogens (primary N) is 1. The highest BCUT2D eigenvalue weighted by atomic mass is 32.1. The van der Waals surface area contributed by atoms with Crippen molar-refractivity contribution in [1.82, 2.24) is 10.2 Å². The van der Waals surface area contributed by atoms with E-state index in [2.05, 4.69) is 10.2 Å². The molecule has 13 heavy (non-hydrogen) atoms. The van der Waals surface area contributed by atoms with Crippen LogP contribution in [0.5, 0.6) is 0 Å². The van der Waals surface area contributed by atoms with Crippen molar-refractivity contribution in [3.63, 3.8) is 0 Å². The Kier molecular flexibility index (Phi) is 4.27. The number of hydrogen-bond acceptors (Lipinski definition) is 5. The van der Waals surface area contributed by atoms with Gasteiger partial charge in [0, 0.05) is 13.0 Å². The molecule has 1 aromatic rings. The van der Waals surface area contributed by atoms with Gasteiger partial charge in [0.1, 0.15) is 10.0 Å². The molecule has 0 aliphatic carbocycles. The molecule has 0 saturated carbocycles. The van der Waals surface area contributed by atoms with Gasteiger partial charge in [-0.05, 0) is 13.8 Å². The van der Waals surface area contributed by atoms with E-state index in [9.17, 15) is 0 Å². The summed E-state index contributed by atoms with van der Waals surface area (Å²) in [6.07, 6.45) is 0.832. The van der Waals surface area contributed by atoms with Crippen LogP contribution in [0.3, 0.4) is 0 Å². The van der Waals surface area contributed by atoms with E-state index in [0.29, 0.717) is 6.61 Å². The Morgan fingerprint density at radius 2 is 2.31 bits per heavy atom. The third-order valence-corrected chi connectivity index (χ3v) is 2.72. The van der Waals surface area contributed by atoms with Gasteiger partial charge in [0.25, 0.3) is 0 Å². The molecule has 1 rings (SSSR count). The second-order valence-electron chi connectivity index (χ2n) is 2.77. The number of hydrogen-bond donors (Lipinski definition) is 1. The number of aromatic nitrogens is 2. The van der Waals surface area contributed by atoms with Crippen LogP contribution >= 0.6 is 11.3 Å². The Labute approximate surface area is 82.1 Å². The molecule has 5 heteroatoms. The molecule has 0 spiro atoms. The van der Waals surface area contributed by atoms with Crippen LogP contribution in [0.4, 0.5) is 0 Å². The van der Waals surface area contributed by atoms with Crippen LogP contribution in [0.25, 0.3) is 0 Å². The van der Waals surface area contributed by atoms with Crippen molar-refractivity contribution in [1.29, 1.82) is 0 Å². The maximum atomic E-state index is 5.66. The lowest BCUT2D eigenvalue weighted by Gasteiger charge is -1.96. The summed E-state index contributed by atoms with van der Waals surface area (Å²) in [5, 5.41) is 9.90. The van der Waals surface area contributed by atoms with Gasteiger partial charge >= 0.3 is 0 Å². The molecule has 1 atom stereocenters. The highest BCUT2D eigenvalue weighted by molar-refractivity contribution is 7.11. The Bertz CT molecular complexity index is 249. The third-order valence-electron chi connectivity index (χ3n) is 1.54. The van der Waals surface area contributed by atoms with E-state index < -0.39 is 0 Å². The van der Waals surface area contributed by atoms with Crippen molar-refractivity contribution in [3.8, 4) is 0 Å². The fourth-order valence-electron chi connectivity index (χ4n) is 0.855. The molecule has 1 unspecified atom stereocenters. The summed E-state index contributed by atoms with van der Waals surface area (Å²) in [4.78, 5) is 0. The lowest BCUT2D eigenvalue weighted by Crippen LogP contribution is -2.03. The minimum atomic E-state index is -0.0154. The quantitative estimate of drug-likeness (QED) is 0.726. The van der Waals surface area contributed by atoms with E-state index in [0.717, 1.165) is 23.0 Å². The van der Waals surface area contributed by atoms with Gasteiger partial charge in [-0.25, -0.2) is 0 Å². The minimum absolute atomic E-state index is 0.0154. The summed E-state index contributed by atoms with van der Waals surface area (Å²) in [6, 6.07) is -0.0154. The predicted octanol–water partition coefficient (Wildman–Crippen LogP) is 1.14. The molecular weight excluding hydrogens is 186 g/mol. The van der Waals surface area contributed by atoms with Crippen LogP contribution in [-0.4, -0.2) is 23.4 Å². The molecular formula is C8H15N3OS. The largest absolute Gasteiger partial charge is 0.381 e. The zero-order chi connectivity index (χ0) is 9.68. The van der Waals surface area contributed by atoms with Gasteiger partial charge in [0.15, 0.2) is 0 Å². The summed E-state index contributed by atoms with van der Waals surface area (Å²) in [5.74, 6) is 0. The summed E-state index contributed by atoms with van der Waals surface area (Å²) in [5.41, 5.74) is 5.66. The summed E-state index contributed by atoms with van der Waals surface area (Å²) in [6.45, 7) is 5.35. The standard InChI is InChI=1S/C8H15N3OS/c1-3-12-5-4-7-10-11-8(13-7)6(2)9/h6H,3-5,9H2,1-2H3. The second-order valence-corrected chi connectivity index (χ2v) is 3.86. The first-order valence-corrected chi connectivity index (χ1v) is 5.21. The maximum absolute atomic E-state index is 5.66. The Balaban J connectivity index is 2.40. The van der Waals surface area contributed by atoms with E-state index in [4.69, 9.17) is 10.5 Å². The van der Waals surface area contributed by atoms with E-state index in [1.807, 2.05) is 13.8 Å².